The second-order valence-electron chi connectivity index (χ2n) is 5.15. The summed E-state index contributed by atoms with van der Waals surface area (Å²) >= 11 is 7.89. The van der Waals surface area contributed by atoms with Gasteiger partial charge < -0.3 is 0 Å². The number of aromatic nitrogens is 2. The molecule has 0 amide bonds. The Labute approximate surface area is 136 Å². The summed E-state index contributed by atoms with van der Waals surface area (Å²) < 4.78 is 0. The second-order valence-corrected chi connectivity index (χ2v) is 6.64. The van der Waals surface area contributed by atoms with Gasteiger partial charge in [0.15, 0.2) is 5.82 Å². The minimum Gasteiger partial charge on any atom is -0.261 e. The van der Waals surface area contributed by atoms with Crippen LogP contribution in [0.2, 0.25) is 5.02 Å². The highest BCUT2D eigenvalue weighted by Crippen LogP contribution is 2.38. The molecule has 6 heteroatoms. The van der Waals surface area contributed by atoms with E-state index in [-0.39, 0.29) is 0 Å². The lowest BCUT2D eigenvalue weighted by Crippen LogP contribution is -1.96. The fourth-order valence-corrected chi connectivity index (χ4v) is 4.17. The number of nitrogens with one attached hydrogen (secondary N) is 1. The Morgan fingerprint density at radius 1 is 1.23 bits per heavy atom. The van der Waals surface area contributed by atoms with Gasteiger partial charge in [-0.25, -0.2) is 9.97 Å². The number of anilines is 1. The minimum absolute atomic E-state index is 0.678. The van der Waals surface area contributed by atoms with E-state index in [4.69, 9.17) is 11.6 Å². The van der Waals surface area contributed by atoms with E-state index < -0.39 is 0 Å². The van der Waals surface area contributed by atoms with Gasteiger partial charge in [-0.05, 0) is 30.9 Å². The molecule has 0 saturated heterocycles. The number of hydrazone groups is 1. The maximum absolute atomic E-state index is 6.12. The van der Waals surface area contributed by atoms with E-state index >= 15 is 0 Å². The first-order chi connectivity index (χ1) is 10.8. The number of rotatable bonds is 3. The molecule has 2 aromatic heterocycles. The third kappa shape index (κ3) is 2.36. The third-order valence-corrected chi connectivity index (χ3v) is 5.32. The maximum atomic E-state index is 6.12. The molecule has 1 aliphatic rings. The van der Waals surface area contributed by atoms with Gasteiger partial charge in [0.2, 0.25) is 0 Å². The van der Waals surface area contributed by atoms with Crippen molar-refractivity contribution in [2.45, 2.75) is 19.3 Å². The molecule has 1 aromatic carbocycles. The van der Waals surface area contributed by atoms with Crippen LogP contribution in [0.4, 0.5) is 5.82 Å². The Kier molecular flexibility index (Phi) is 3.52. The zero-order chi connectivity index (χ0) is 14.9. The Bertz CT molecular complexity index is 872. The average molecular weight is 329 g/mol. The first kappa shape index (κ1) is 13.7. The SMILES string of the molecule is Clc1ccccc1/C=N\Nc1ncnc2sc3c(c12)CCC3. The molecule has 22 heavy (non-hydrogen) atoms. The summed E-state index contributed by atoms with van der Waals surface area (Å²) in [4.78, 5) is 11.2. The van der Waals surface area contributed by atoms with Crippen LogP contribution in [-0.4, -0.2) is 16.2 Å². The second kappa shape index (κ2) is 5.66. The lowest BCUT2D eigenvalue weighted by molar-refractivity contribution is 0.917. The third-order valence-electron chi connectivity index (χ3n) is 3.78. The predicted octanol–water partition coefficient (Wildman–Crippen LogP) is 4.28. The topological polar surface area (TPSA) is 50.2 Å². The number of benzene rings is 1. The largest absolute Gasteiger partial charge is 0.261 e. The molecule has 4 nitrogen and oxygen atoms in total. The molecule has 110 valence electrons. The van der Waals surface area contributed by atoms with Crippen molar-refractivity contribution >= 4 is 45.2 Å². The molecule has 4 rings (SSSR count). The Balaban J connectivity index is 1.66. The van der Waals surface area contributed by atoms with Gasteiger partial charge in [0.05, 0.1) is 11.6 Å². The molecule has 0 atom stereocenters. The van der Waals surface area contributed by atoms with Crippen molar-refractivity contribution in [3.05, 3.63) is 51.6 Å². The van der Waals surface area contributed by atoms with E-state index in [1.165, 1.54) is 16.9 Å². The van der Waals surface area contributed by atoms with Gasteiger partial charge in [0, 0.05) is 15.5 Å². The molecule has 0 bridgehead atoms. The molecule has 0 fully saturated rings. The van der Waals surface area contributed by atoms with Crippen LogP contribution >= 0.6 is 22.9 Å². The summed E-state index contributed by atoms with van der Waals surface area (Å²) in [7, 11) is 0. The van der Waals surface area contributed by atoms with Crippen molar-refractivity contribution in [2.24, 2.45) is 5.10 Å². The van der Waals surface area contributed by atoms with Crippen LogP contribution in [0.1, 0.15) is 22.4 Å². The molecule has 0 saturated carbocycles. The molecular weight excluding hydrogens is 316 g/mol. The van der Waals surface area contributed by atoms with E-state index in [9.17, 15) is 0 Å². The lowest BCUT2D eigenvalue weighted by atomic mass is 10.2. The fourth-order valence-electron chi connectivity index (χ4n) is 2.76. The number of aryl methyl sites for hydroxylation is 2. The molecule has 3 aromatic rings. The molecule has 1 N–H and O–H groups in total. The average Bonchev–Trinajstić information content (AvgIpc) is 3.10. The van der Waals surface area contributed by atoms with E-state index in [2.05, 4.69) is 20.5 Å². The van der Waals surface area contributed by atoms with Crippen molar-refractivity contribution in [1.82, 2.24) is 9.97 Å². The Morgan fingerprint density at radius 2 is 2.14 bits per heavy atom. The lowest BCUT2D eigenvalue weighted by Gasteiger charge is -2.03. The van der Waals surface area contributed by atoms with Crippen molar-refractivity contribution in [3.8, 4) is 0 Å². The molecule has 0 unspecified atom stereocenters. The van der Waals surface area contributed by atoms with E-state index in [1.54, 1.807) is 23.9 Å². The van der Waals surface area contributed by atoms with Crippen molar-refractivity contribution < 1.29 is 0 Å². The summed E-state index contributed by atoms with van der Waals surface area (Å²) in [5.74, 6) is 0.771. The molecule has 2 heterocycles. The van der Waals surface area contributed by atoms with Gasteiger partial charge in [-0.1, -0.05) is 29.8 Å². The molecule has 0 aliphatic heterocycles. The first-order valence-corrected chi connectivity index (χ1v) is 8.31. The van der Waals surface area contributed by atoms with Crippen LogP contribution in [0.5, 0.6) is 0 Å². The smallest absolute Gasteiger partial charge is 0.158 e. The van der Waals surface area contributed by atoms with E-state index in [0.29, 0.717) is 5.02 Å². The van der Waals surface area contributed by atoms with Crippen molar-refractivity contribution in [3.63, 3.8) is 0 Å². The number of fused-ring (bicyclic) bond motifs is 3. The highest BCUT2D eigenvalue weighted by Gasteiger charge is 2.20. The summed E-state index contributed by atoms with van der Waals surface area (Å²) in [5, 5.41) is 6.08. The van der Waals surface area contributed by atoms with E-state index in [0.717, 1.165) is 34.4 Å². The normalized spacial score (nSPS) is 13.9. The van der Waals surface area contributed by atoms with Crippen molar-refractivity contribution in [2.75, 3.05) is 5.43 Å². The fraction of sp³-hybridized carbons (Fsp3) is 0.188. The van der Waals surface area contributed by atoms with Crippen LogP contribution in [0.3, 0.4) is 0 Å². The highest BCUT2D eigenvalue weighted by molar-refractivity contribution is 7.19. The van der Waals surface area contributed by atoms with Gasteiger partial charge in [-0.3, -0.25) is 5.43 Å². The number of halogens is 1. The zero-order valence-corrected chi connectivity index (χ0v) is 13.3. The maximum Gasteiger partial charge on any atom is 0.158 e. The van der Waals surface area contributed by atoms with Crippen molar-refractivity contribution in [1.29, 1.82) is 0 Å². The summed E-state index contributed by atoms with van der Waals surface area (Å²) in [6.45, 7) is 0. The Hall–Kier alpha value is -1.98. The number of thiophene rings is 1. The van der Waals surface area contributed by atoms with Gasteiger partial charge in [-0.15, -0.1) is 11.3 Å². The summed E-state index contributed by atoms with van der Waals surface area (Å²) in [6.07, 6.45) is 6.77. The standard InChI is InChI=1S/C16H13ClN4S/c17-12-6-2-1-4-10(12)8-20-21-15-14-11-5-3-7-13(11)22-16(14)19-9-18-15/h1-2,4,6,8-9H,3,5,7H2,(H,18,19,21)/b20-8-. The van der Waals surface area contributed by atoms with Gasteiger partial charge in [0.1, 0.15) is 11.2 Å². The van der Waals surface area contributed by atoms with Crippen LogP contribution in [-0.2, 0) is 12.8 Å². The number of nitrogens with zero attached hydrogens (tertiary/aromatic N) is 3. The summed E-state index contributed by atoms with van der Waals surface area (Å²) in [6, 6.07) is 7.60. The van der Waals surface area contributed by atoms with Crippen LogP contribution in [0.25, 0.3) is 10.2 Å². The molecule has 0 spiro atoms. The zero-order valence-electron chi connectivity index (χ0n) is 11.7. The summed E-state index contributed by atoms with van der Waals surface area (Å²) in [5.41, 5.74) is 5.30. The minimum atomic E-state index is 0.678. The quantitative estimate of drug-likeness (QED) is 0.576. The number of hydrogen-bond acceptors (Lipinski definition) is 5. The number of hydrogen-bond donors (Lipinski definition) is 1. The van der Waals surface area contributed by atoms with Crippen LogP contribution in [0, 0.1) is 0 Å². The highest BCUT2D eigenvalue weighted by atomic mass is 35.5. The first-order valence-electron chi connectivity index (χ1n) is 7.12. The Morgan fingerprint density at radius 3 is 3.05 bits per heavy atom. The molecule has 0 radical (unpaired) electrons. The monoisotopic (exact) mass is 328 g/mol. The van der Waals surface area contributed by atoms with Crippen LogP contribution < -0.4 is 5.43 Å². The molecule has 1 aliphatic carbocycles. The van der Waals surface area contributed by atoms with Crippen LogP contribution in [0.15, 0.2) is 35.7 Å². The van der Waals surface area contributed by atoms with Gasteiger partial charge in [0.25, 0.3) is 0 Å². The van der Waals surface area contributed by atoms with Gasteiger partial charge in [-0.2, -0.15) is 5.10 Å². The van der Waals surface area contributed by atoms with E-state index in [1.807, 2.05) is 24.3 Å². The predicted molar refractivity (Wildman–Crippen MR) is 92.1 cm³/mol. The molecular formula is C16H13ClN4S. The van der Waals surface area contributed by atoms with Gasteiger partial charge >= 0.3 is 0 Å².